The Morgan fingerprint density at radius 2 is 2.31 bits per heavy atom. The first-order valence-electron chi connectivity index (χ1n) is 3.79. The van der Waals surface area contributed by atoms with Crippen molar-refractivity contribution in [1.29, 1.82) is 0 Å². The van der Waals surface area contributed by atoms with E-state index in [4.69, 9.17) is 5.73 Å². The molecule has 0 aliphatic carbocycles. The largest absolute Gasteiger partial charge is 0.364 e. The van der Waals surface area contributed by atoms with Crippen molar-refractivity contribution < 1.29 is 4.79 Å². The Morgan fingerprint density at radius 1 is 1.46 bits per heavy atom. The average Bonchev–Trinajstić information content (AvgIpc) is 2.74. The van der Waals surface area contributed by atoms with Crippen molar-refractivity contribution >= 4 is 17.2 Å². The summed E-state index contributed by atoms with van der Waals surface area (Å²) in [5, 5.41) is 3.92. The number of hydrogen-bond donors (Lipinski definition) is 1. The molecule has 0 bridgehead atoms. The monoisotopic (exact) mass is 192 g/mol. The fourth-order valence-electron chi connectivity index (χ4n) is 1.20. The van der Waals surface area contributed by atoms with Gasteiger partial charge in [-0.25, -0.2) is 0 Å². The summed E-state index contributed by atoms with van der Waals surface area (Å²) in [5.74, 6) is -0.406. The van der Waals surface area contributed by atoms with Gasteiger partial charge < -0.3 is 10.3 Å². The number of hydrogen-bond acceptors (Lipinski definition) is 2. The molecule has 0 aromatic carbocycles. The van der Waals surface area contributed by atoms with E-state index in [9.17, 15) is 4.79 Å². The van der Waals surface area contributed by atoms with Gasteiger partial charge in [0, 0.05) is 11.6 Å². The lowest BCUT2D eigenvalue weighted by Crippen LogP contribution is -2.15. The molecular formula is C9H8N2OS. The molecule has 0 saturated carbocycles. The van der Waals surface area contributed by atoms with E-state index in [1.807, 2.05) is 23.0 Å². The van der Waals surface area contributed by atoms with Crippen molar-refractivity contribution in [3.05, 3.63) is 40.8 Å². The minimum atomic E-state index is -0.406. The molecule has 66 valence electrons. The van der Waals surface area contributed by atoms with Gasteiger partial charge in [0.05, 0.1) is 5.69 Å². The Balaban J connectivity index is 2.52. The molecule has 2 N–H and O–H groups in total. The van der Waals surface area contributed by atoms with Gasteiger partial charge >= 0.3 is 0 Å². The number of carbonyl (C=O) groups excluding carboxylic acids is 1. The van der Waals surface area contributed by atoms with Gasteiger partial charge in [-0.2, -0.15) is 11.3 Å². The van der Waals surface area contributed by atoms with E-state index in [1.165, 1.54) is 0 Å². The molecule has 2 aromatic rings. The predicted octanol–water partition coefficient (Wildman–Crippen LogP) is 1.64. The number of nitrogens with zero attached hydrogens (tertiary/aromatic N) is 1. The van der Waals surface area contributed by atoms with Crippen LogP contribution in [0.2, 0.25) is 0 Å². The van der Waals surface area contributed by atoms with Crippen LogP contribution in [0.5, 0.6) is 0 Å². The van der Waals surface area contributed by atoms with E-state index in [1.54, 1.807) is 28.0 Å². The van der Waals surface area contributed by atoms with Gasteiger partial charge in [0.2, 0.25) is 0 Å². The molecule has 2 heterocycles. The lowest BCUT2D eigenvalue weighted by Gasteiger charge is -2.02. The number of carbonyl (C=O) groups is 1. The number of aromatic nitrogens is 1. The van der Waals surface area contributed by atoms with Crippen LogP contribution in [0.4, 0.5) is 0 Å². The zero-order valence-electron chi connectivity index (χ0n) is 6.81. The molecule has 0 fully saturated rings. The molecule has 0 spiro atoms. The quantitative estimate of drug-likeness (QED) is 0.772. The second-order valence-corrected chi connectivity index (χ2v) is 3.39. The van der Waals surface area contributed by atoms with Crippen LogP contribution in [0.15, 0.2) is 35.2 Å². The zero-order valence-corrected chi connectivity index (χ0v) is 7.62. The van der Waals surface area contributed by atoms with Crippen LogP contribution in [0, 0.1) is 0 Å². The number of thiophene rings is 1. The minimum absolute atomic E-state index is 0.406. The van der Waals surface area contributed by atoms with E-state index in [0.717, 1.165) is 5.69 Å². The van der Waals surface area contributed by atoms with Gasteiger partial charge in [0.25, 0.3) is 5.91 Å². The second kappa shape index (κ2) is 3.06. The van der Waals surface area contributed by atoms with Crippen LogP contribution in [0.3, 0.4) is 0 Å². The van der Waals surface area contributed by atoms with E-state index in [0.29, 0.717) is 5.69 Å². The van der Waals surface area contributed by atoms with E-state index in [-0.39, 0.29) is 0 Å². The lowest BCUT2D eigenvalue weighted by atomic mass is 10.4. The standard InChI is InChI=1S/C9H8N2OS/c10-9(12)8-2-1-4-11(8)7-3-5-13-6-7/h1-6H,(H2,10,12). The van der Waals surface area contributed by atoms with Gasteiger partial charge in [-0.3, -0.25) is 4.79 Å². The SMILES string of the molecule is NC(=O)c1cccn1-c1ccsc1. The molecule has 0 atom stereocenters. The Kier molecular flexibility index (Phi) is 1.90. The highest BCUT2D eigenvalue weighted by molar-refractivity contribution is 7.08. The van der Waals surface area contributed by atoms with Gasteiger partial charge in [-0.15, -0.1) is 0 Å². The first kappa shape index (κ1) is 8.07. The smallest absolute Gasteiger partial charge is 0.265 e. The van der Waals surface area contributed by atoms with Crippen LogP contribution in [-0.4, -0.2) is 10.5 Å². The van der Waals surface area contributed by atoms with Crippen molar-refractivity contribution in [1.82, 2.24) is 4.57 Å². The first-order valence-corrected chi connectivity index (χ1v) is 4.73. The fraction of sp³-hybridized carbons (Fsp3) is 0. The van der Waals surface area contributed by atoms with Crippen molar-refractivity contribution in [2.45, 2.75) is 0 Å². The molecule has 0 unspecified atom stereocenters. The van der Waals surface area contributed by atoms with Gasteiger partial charge in [0.15, 0.2) is 0 Å². The third kappa shape index (κ3) is 1.36. The van der Waals surface area contributed by atoms with Crippen molar-refractivity contribution in [3.63, 3.8) is 0 Å². The fourth-order valence-corrected chi connectivity index (χ4v) is 1.83. The maximum Gasteiger partial charge on any atom is 0.265 e. The summed E-state index contributed by atoms with van der Waals surface area (Å²) in [4.78, 5) is 11.0. The Hall–Kier alpha value is -1.55. The summed E-state index contributed by atoms with van der Waals surface area (Å²) in [6.45, 7) is 0. The summed E-state index contributed by atoms with van der Waals surface area (Å²) < 4.78 is 1.78. The maximum absolute atomic E-state index is 11.0. The predicted molar refractivity (Wildman–Crippen MR) is 52.2 cm³/mol. The van der Waals surface area contributed by atoms with Crippen LogP contribution in [0.1, 0.15) is 10.5 Å². The van der Waals surface area contributed by atoms with E-state index >= 15 is 0 Å². The molecule has 13 heavy (non-hydrogen) atoms. The van der Waals surface area contributed by atoms with Crippen LogP contribution in [0.25, 0.3) is 5.69 Å². The van der Waals surface area contributed by atoms with Gasteiger partial charge in [-0.05, 0) is 23.6 Å². The highest BCUT2D eigenvalue weighted by Gasteiger charge is 2.07. The van der Waals surface area contributed by atoms with Crippen molar-refractivity contribution in [3.8, 4) is 5.69 Å². The minimum Gasteiger partial charge on any atom is -0.364 e. The molecule has 4 heteroatoms. The number of amides is 1. The second-order valence-electron chi connectivity index (χ2n) is 2.61. The lowest BCUT2D eigenvalue weighted by molar-refractivity contribution is 0.0994. The molecule has 2 rings (SSSR count). The molecule has 1 amide bonds. The van der Waals surface area contributed by atoms with Crippen LogP contribution in [-0.2, 0) is 0 Å². The topological polar surface area (TPSA) is 48.0 Å². The molecular weight excluding hydrogens is 184 g/mol. The average molecular weight is 192 g/mol. The Labute approximate surface area is 79.4 Å². The summed E-state index contributed by atoms with van der Waals surface area (Å²) in [7, 11) is 0. The highest BCUT2D eigenvalue weighted by Crippen LogP contribution is 2.15. The van der Waals surface area contributed by atoms with Gasteiger partial charge in [0.1, 0.15) is 5.69 Å². The summed E-state index contributed by atoms with van der Waals surface area (Å²) in [5.41, 5.74) is 6.70. The molecule has 3 nitrogen and oxygen atoms in total. The summed E-state index contributed by atoms with van der Waals surface area (Å²) in [6.07, 6.45) is 1.82. The Bertz CT molecular complexity index is 417. The third-order valence-electron chi connectivity index (χ3n) is 1.79. The van der Waals surface area contributed by atoms with Crippen molar-refractivity contribution in [2.75, 3.05) is 0 Å². The van der Waals surface area contributed by atoms with Crippen LogP contribution >= 0.6 is 11.3 Å². The number of nitrogens with two attached hydrogens (primary N) is 1. The molecule has 2 aromatic heterocycles. The molecule has 0 saturated heterocycles. The Morgan fingerprint density at radius 3 is 2.92 bits per heavy atom. The first-order chi connectivity index (χ1) is 6.29. The van der Waals surface area contributed by atoms with Crippen molar-refractivity contribution in [2.24, 2.45) is 5.73 Å². The van der Waals surface area contributed by atoms with Gasteiger partial charge in [-0.1, -0.05) is 0 Å². The zero-order chi connectivity index (χ0) is 9.26. The van der Waals surface area contributed by atoms with E-state index < -0.39 is 5.91 Å². The maximum atomic E-state index is 11.0. The van der Waals surface area contributed by atoms with Crippen LogP contribution < -0.4 is 5.73 Å². The van der Waals surface area contributed by atoms with E-state index in [2.05, 4.69) is 0 Å². The highest BCUT2D eigenvalue weighted by atomic mass is 32.1. The molecule has 0 aliphatic heterocycles. The summed E-state index contributed by atoms with van der Waals surface area (Å²) in [6, 6.07) is 5.45. The normalized spacial score (nSPS) is 10.2. The number of primary amides is 1. The third-order valence-corrected chi connectivity index (χ3v) is 2.46. The molecule has 0 radical (unpaired) electrons. The molecule has 0 aliphatic rings. The summed E-state index contributed by atoms with van der Waals surface area (Å²) >= 11 is 1.59. The number of rotatable bonds is 2.